The Morgan fingerprint density at radius 3 is 2.89 bits per heavy atom. The van der Waals surface area contributed by atoms with E-state index < -0.39 is 0 Å². The number of hydrogen-bond acceptors (Lipinski definition) is 3. The minimum absolute atomic E-state index is 0.513. The van der Waals surface area contributed by atoms with E-state index in [0.29, 0.717) is 11.7 Å². The van der Waals surface area contributed by atoms with Crippen LogP contribution in [-0.4, -0.2) is 24.5 Å². The molecule has 4 nitrogen and oxygen atoms in total. The van der Waals surface area contributed by atoms with Crippen LogP contribution in [0.5, 0.6) is 5.75 Å². The average Bonchev–Trinajstić information content (AvgIpc) is 2.33. The van der Waals surface area contributed by atoms with E-state index in [1.807, 2.05) is 32.0 Å². The quantitative estimate of drug-likeness (QED) is 0.495. The molecule has 0 aliphatic carbocycles. The molecule has 1 rings (SSSR count). The second-order valence-corrected chi connectivity index (χ2v) is 4.61. The molecule has 1 aromatic carbocycles. The molecular weight excluding hydrogens is 314 g/mol. The fraction of sp³-hybridized carbons (Fsp3) is 0.333. The molecule has 0 aliphatic rings. The highest BCUT2D eigenvalue weighted by Gasteiger charge is 2.00. The molecule has 1 aromatic rings. The van der Waals surface area contributed by atoms with E-state index in [0.717, 1.165) is 22.3 Å². The predicted molar refractivity (Wildman–Crippen MR) is 82.3 cm³/mol. The van der Waals surface area contributed by atoms with Crippen LogP contribution in [0.2, 0.25) is 0 Å². The van der Waals surface area contributed by atoms with Crippen LogP contribution < -0.4 is 15.5 Å². The lowest BCUT2D eigenvalue weighted by molar-refractivity contribution is 0.338. The molecule has 0 radical (unpaired) electrons. The Hall–Kier alpha value is -1.14. The summed E-state index contributed by atoms with van der Waals surface area (Å²) >= 11 is 8.43. The molecule has 0 aromatic heterocycles. The Kier molecular flexibility index (Phi) is 6.67. The summed E-state index contributed by atoms with van der Waals surface area (Å²) in [7, 11) is 0. The van der Waals surface area contributed by atoms with Crippen LogP contribution in [0.25, 0.3) is 0 Å². The van der Waals surface area contributed by atoms with Crippen LogP contribution >= 0.6 is 28.1 Å². The van der Waals surface area contributed by atoms with Crippen molar-refractivity contribution in [1.82, 2.24) is 10.7 Å². The number of hydrogen-bond donors (Lipinski definition) is 2. The highest BCUT2D eigenvalue weighted by molar-refractivity contribution is 9.10. The third-order valence-corrected chi connectivity index (χ3v) is 2.83. The van der Waals surface area contributed by atoms with Gasteiger partial charge in [-0.3, -0.25) is 5.43 Å². The summed E-state index contributed by atoms with van der Waals surface area (Å²) in [6, 6.07) is 5.77. The number of nitrogens with one attached hydrogen (secondary N) is 2. The first kappa shape index (κ1) is 14.9. The molecule has 2 N–H and O–H groups in total. The number of rotatable bonds is 5. The Bertz CT molecular complexity index is 437. The van der Waals surface area contributed by atoms with E-state index in [4.69, 9.17) is 17.0 Å². The van der Waals surface area contributed by atoms with Crippen molar-refractivity contribution in [1.29, 1.82) is 0 Å². The predicted octanol–water partition coefficient (Wildman–Crippen LogP) is 2.67. The first-order valence-electron chi connectivity index (χ1n) is 5.66. The summed E-state index contributed by atoms with van der Waals surface area (Å²) in [6.07, 6.45) is 1.70. The summed E-state index contributed by atoms with van der Waals surface area (Å²) < 4.78 is 6.33. The summed E-state index contributed by atoms with van der Waals surface area (Å²) in [4.78, 5) is 0. The van der Waals surface area contributed by atoms with Crippen LogP contribution in [0, 0.1) is 0 Å². The summed E-state index contributed by atoms with van der Waals surface area (Å²) in [6.45, 7) is 5.34. The van der Waals surface area contributed by atoms with E-state index in [2.05, 4.69) is 31.8 Å². The molecule has 0 amide bonds. The van der Waals surface area contributed by atoms with Crippen LogP contribution in [-0.2, 0) is 0 Å². The first-order valence-corrected chi connectivity index (χ1v) is 6.86. The van der Waals surface area contributed by atoms with Crippen molar-refractivity contribution < 1.29 is 4.74 Å². The van der Waals surface area contributed by atoms with Crippen LogP contribution in [0.3, 0.4) is 0 Å². The van der Waals surface area contributed by atoms with Crippen molar-refractivity contribution in [3.05, 3.63) is 28.2 Å². The smallest absolute Gasteiger partial charge is 0.186 e. The zero-order valence-electron chi connectivity index (χ0n) is 10.4. The molecule has 0 spiro atoms. The number of halogens is 1. The van der Waals surface area contributed by atoms with Crippen molar-refractivity contribution >= 4 is 39.5 Å². The molecule has 98 valence electrons. The van der Waals surface area contributed by atoms with Crippen LogP contribution in [0.15, 0.2) is 27.8 Å². The van der Waals surface area contributed by atoms with Crippen LogP contribution in [0.1, 0.15) is 19.4 Å². The third-order valence-electron chi connectivity index (χ3n) is 1.97. The fourth-order valence-corrected chi connectivity index (χ4v) is 1.94. The molecular formula is C12H16BrN3OS. The molecule has 0 heterocycles. The largest absolute Gasteiger partial charge is 0.493 e. The highest BCUT2D eigenvalue weighted by atomic mass is 79.9. The lowest BCUT2D eigenvalue weighted by atomic mass is 10.2. The van der Waals surface area contributed by atoms with Gasteiger partial charge in [-0.05, 0) is 65.8 Å². The van der Waals surface area contributed by atoms with E-state index >= 15 is 0 Å². The van der Waals surface area contributed by atoms with Crippen LogP contribution in [0.4, 0.5) is 0 Å². The maximum absolute atomic E-state index is 5.43. The van der Waals surface area contributed by atoms with Gasteiger partial charge in [0.15, 0.2) is 5.11 Å². The summed E-state index contributed by atoms with van der Waals surface area (Å²) in [5.41, 5.74) is 3.69. The van der Waals surface area contributed by atoms with Gasteiger partial charge in [-0.15, -0.1) is 0 Å². The maximum atomic E-state index is 5.43. The van der Waals surface area contributed by atoms with Gasteiger partial charge in [0.2, 0.25) is 0 Å². The zero-order chi connectivity index (χ0) is 13.4. The minimum Gasteiger partial charge on any atom is -0.493 e. The van der Waals surface area contributed by atoms with Crippen molar-refractivity contribution in [3.8, 4) is 5.75 Å². The third kappa shape index (κ3) is 5.01. The van der Waals surface area contributed by atoms with Gasteiger partial charge in [0.1, 0.15) is 5.75 Å². The maximum Gasteiger partial charge on any atom is 0.186 e. The number of ether oxygens (including phenoxy) is 1. The molecule has 0 bridgehead atoms. The Labute approximate surface area is 121 Å². The molecule has 0 saturated heterocycles. The topological polar surface area (TPSA) is 45.7 Å². The number of thiocarbonyl (C=S) groups is 1. The Morgan fingerprint density at radius 2 is 2.28 bits per heavy atom. The van der Waals surface area contributed by atoms with Gasteiger partial charge < -0.3 is 10.1 Å². The standard InChI is InChI=1S/C12H16BrN3OS/c1-3-14-12(18)16-15-8-9-5-6-11(17-4-2)10(13)7-9/h5-8H,3-4H2,1-2H3,(H2,14,16,18)/b15-8+. The summed E-state index contributed by atoms with van der Waals surface area (Å²) in [5, 5.41) is 7.50. The SMILES string of the molecule is CCNC(=S)N/N=C/c1ccc(OCC)c(Br)c1. The lowest BCUT2D eigenvalue weighted by Crippen LogP contribution is -2.31. The highest BCUT2D eigenvalue weighted by Crippen LogP contribution is 2.25. The number of hydrazone groups is 1. The number of benzene rings is 1. The molecule has 6 heteroatoms. The van der Waals surface area contributed by atoms with Crippen molar-refractivity contribution in [2.75, 3.05) is 13.2 Å². The average molecular weight is 330 g/mol. The van der Waals surface area contributed by atoms with E-state index in [1.165, 1.54) is 0 Å². The van der Waals surface area contributed by atoms with Gasteiger partial charge in [0, 0.05) is 6.54 Å². The first-order chi connectivity index (χ1) is 8.67. The second kappa shape index (κ2) is 8.05. The van der Waals surface area contributed by atoms with Gasteiger partial charge in [-0.2, -0.15) is 5.10 Å². The second-order valence-electron chi connectivity index (χ2n) is 3.35. The molecule has 0 aliphatic heterocycles. The normalized spacial score (nSPS) is 10.4. The van der Waals surface area contributed by atoms with E-state index in [-0.39, 0.29) is 0 Å². The summed E-state index contributed by atoms with van der Waals surface area (Å²) in [5.74, 6) is 0.825. The van der Waals surface area contributed by atoms with E-state index in [9.17, 15) is 0 Å². The van der Waals surface area contributed by atoms with Gasteiger partial charge in [0.05, 0.1) is 17.3 Å². The molecule has 0 fully saturated rings. The van der Waals surface area contributed by atoms with Crippen molar-refractivity contribution in [2.24, 2.45) is 5.10 Å². The monoisotopic (exact) mass is 329 g/mol. The van der Waals surface area contributed by atoms with Crippen molar-refractivity contribution in [2.45, 2.75) is 13.8 Å². The Morgan fingerprint density at radius 1 is 1.50 bits per heavy atom. The fourth-order valence-electron chi connectivity index (χ4n) is 1.24. The molecule has 0 unspecified atom stereocenters. The molecule has 18 heavy (non-hydrogen) atoms. The minimum atomic E-state index is 0.513. The lowest BCUT2D eigenvalue weighted by Gasteiger charge is -2.06. The number of nitrogens with zero attached hydrogens (tertiary/aromatic N) is 1. The van der Waals surface area contributed by atoms with Gasteiger partial charge >= 0.3 is 0 Å². The van der Waals surface area contributed by atoms with Gasteiger partial charge in [-0.25, -0.2) is 0 Å². The van der Waals surface area contributed by atoms with Gasteiger partial charge in [0.25, 0.3) is 0 Å². The van der Waals surface area contributed by atoms with Crippen molar-refractivity contribution in [3.63, 3.8) is 0 Å². The zero-order valence-corrected chi connectivity index (χ0v) is 12.8. The molecule has 0 atom stereocenters. The van der Waals surface area contributed by atoms with Gasteiger partial charge in [-0.1, -0.05) is 0 Å². The Balaban J connectivity index is 2.60. The molecule has 0 saturated carbocycles. The van der Waals surface area contributed by atoms with E-state index in [1.54, 1.807) is 6.21 Å².